The van der Waals surface area contributed by atoms with E-state index in [1.807, 2.05) is 13.1 Å². The molecule has 0 atom stereocenters. The Kier molecular flexibility index (Phi) is 4.09. The van der Waals surface area contributed by atoms with Crippen LogP contribution in [0.4, 0.5) is 0 Å². The first-order valence-electron chi connectivity index (χ1n) is 7.49. The quantitative estimate of drug-likeness (QED) is 0.884. The van der Waals surface area contributed by atoms with E-state index >= 15 is 0 Å². The molecule has 2 aromatic rings. The maximum Gasteiger partial charge on any atom is 0.252 e. The number of aromatic nitrogens is 3. The van der Waals surface area contributed by atoms with E-state index in [1.54, 1.807) is 19.2 Å². The van der Waals surface area contributed by atoms with Crippen molar-refractivity contribution in [1.82, 2.24) is 19.9 Å². The number of pyridine rings is 1. The van der Waals surface area contributed by atoms with Crippen LogP contribution in [0.3, 0.4) is 0 Å². The maximum absolute atomic E-state index is 12.1. The molecule has 1 saturated carbocycles. The predicted octanol–water partition coefficient (Wildman–Crippen LogP) is 1.90. The number of carbonyl (C=O) groups is 1. The summed E-state index contributed by atoms with van der Waals surface area (Å²) in [4.78, 5) is 20.6. The summed E-state index contributed by atoms with van der Waals surface area (Å²) in [5, 5.41) is 2.92. The highest BCUT2D eigenvalue weighted by Gasteiger charge is 2.28. The smallest absolute Gasteiger partial charge is 0.252 e. The van der Waals surface area contributed by atoms with Gasteiger partial charge >= 0.3 is 0 Å². The Hall–Kier alpha value is -2.37. The van der Waals surface area contributed by atoms with Gasteiger partial charge in [0, 0.05) is 43.2 Å². The monoisotopic (exact) mass is 300 g/mol. The summed E-state index contributed by atoms with van der Waals surface area (Å²) >= 11 is 0. The summed E-state index contributed by atoms with van der Waals surface area (Å²) in [5.41, 5.74) is 1.67. The van der Waals surface area contributed by atoms with Gasteiger partial charge in [-0.05, 0) is 25.8 Å². The number of nitrogens with one attached hydrogen (secondary N) is 1. The summed E-state index contributed by atoms with van der Waals surface area (Å²) in [5.74, 6) is 2.13. The van der Waals surface area contributed by atoms with Gasteiger partial charge in [-0.1, -0.05) is 0 Å². The number of methoxy groups -OCH3 is 1. The van der Waals surface area contributed by atoms with Crippen molar-refractivity contribution < 1.29 is 9.53 Å². The van der Waals surface area contributed by atoms with Crippen molar-refractivity contribution in [3.05, 3.63) is 41.6 Å². The number of carbonyl (C=O) groups excluding carboxylic acids is 1. The molecule has 22 heavy (non-hydrogen) atoms. The first-order valence-corrected chi connectivity index (χ1v) is 7.49. The van der Waals surface area contributed by atoms with Gasteiger partial charge in [-0.25, -0.2) is 9.97 Å². The van der Waals surface area contributed by atoms with Crippen LogP contribution in [-0.4, -0.2) is 34.1 Å². The van der Waals surface area contributed by atoms with Crippen molar-refractivity contribution in [1.29, 1.82) is 0 Å². The molecule has 2 aromatic heterocycles. The highest BCUT2D eigenvalue weighted by atomic mass is 16.5. The molecule has 6 heteroatoms. The number of hydrogen-bond acceptors (Lipinski definition) is 4. The van der Waals surface area contributed by atoms with Crippen molar-refractivity contribution in [3.8, 4) is 5.88 Å². The summed E-state index contributed by atoms with van der Waals surface area (Å²) in [7, 11) is 1.55. The van der Waals surface area contributed by atoms with Crippen molar-refractivity contribution in [2.24, 2.45) is 0 Å². The number of imidazole rings is 1. The van der Waals surface area contributed by atoms with Gasteiger partial charge in [-0.2, -0.15) is 0 Å². The van der Waals surface area contributed by atoms with E-state index < -0.39 is 0 Å². The van der Waals surface area contributed by atoms with Gasteiger partial charge in [0.1, 0.15) is 5.82 Å². The van der Waals surface area contributed by atoms with Crippen LogP contribution in [-0.2, 0) is 6.54 Å². The largest absolute Gasteiger partial charge is 0.481 e. The van der Waals surface area contributed by atoms with Gasteiger partial charge in [0.25, 0.3) is 5.91 Å². The van der Waals surface area contributed by atoms with E-state index in [2.05, 4.69) is 19.9 Å². The molecule has 6 nitrogen and oxygen atoms in total. The molecule has 0 radical (unpaired) electrons. The predicted molar refractivity (Wildman–Crippen MR) is 82.1 cm³/mol. The number of amides is 1. The summed E-state index contributed by atoms with van der Waals surface area (Å²) < 4.78 is 7.18. The maximum atomic E-state index is 12.1. The number of rotatable bonds is 6. The van der Waals surface area contributed by atoms with E-state index in [1.165, 1.54) is 19.0 Å². The van der Waals surface area contributed by atoms with Crippen molar-refractivity contribution >= 4 is 5.91 Å². The standard InChI is InChI=1S/C16H20N4O2/c1-11-9-19-15(12-3-4-12)20(11)8-7-17-16(21)13-5-6-14(22-2)18-10-13/h5-6,9-10,12H,3-4,7-8H2,1-2H3,(H,17,21). The van der Waals surface area contributed by atoms with E-state index in [0.29, 0.717) is 23.9 Å². The van der Waals surface area contributed by atoms with Crippen LogP contribution >= 0.6 is 0 Å². The fraction of sp³-hybridized carbons (Fsp3) is 0.438. The third kappa shape index (κ3) is 3.10. The number of aryl methyl sites for hydroxylation is 1. The Morgan fingerprint density at radius 2 is 2.18 bits per heavy atom. The van der Waals surface area contributed by atoms with Crippen LogP contribution < -0.4 is 10.1 Å². The zero-order valence-electron chi connectivity index (χ0n) is 12.9. The van der Waals surface area contributed by atoms with Crippen molar-refractivity contribution in [2.75, 3.05) is 13.7 Å². The van der Waals surface area contributed by atoms with E-state index in [9.17, 15) is 4.79 Å². The average molecular weight is 300 g/mol. The van der Waals surface area contributed by atoms with Gasteiger partial charge in [-0.15, -0.1) is 0 Å². The van der Waals surface area contributed by atoms with Gasteiger partial charge in [0.2, 0.25) is 5.88 Å². The molecular formula is C16H20N4O2. The topological polar surface area (TPSA) is 69.0 Å². The first-order chi connectivity index (χ1) is 10.7. The van der Waals surface area contributed by atoms with Crippen LogP contribution in [0, 0.1) is 6.92 Å². The molecule has 1 N–H and O–H groups in total. The lowest BCUT2D eigenvalue weighted by molar-refractivity contribution is 0.0951. The molecule has 0 spiro atoms. The Morgan fingerprint density at radius 3 is 2.82 bits per heavy atom. The summed E-state index contributed by atoms with van der Waals surface area (Å²) in [6.45, 7) is 3.36. The molecule has 116 valence electrons. The molecule has 0 aliphatic heterocycles. The minimum atomic E-state index is -0.124. The van der Waals surface area contributed by atoms with Crippen LogP contribution in [0.1, 0.15) is 40.6 Å². The van der Waals surface area contributed by atoms with Crippen LogP contribution in [0.15, 0.2) is 24.5 Å². The first kappa shape index (κ1) is 14.6. The molecule has 1 aliphatic rings. The Balaban J connectivity index is 1.56. The Morgan fingerprint density at radius 1 is 1.36 bits per heavy atom. The number of ether oxygens (including phenoxy) is 1. The molecular weight excluding hydrogens is 280 g/mol. The lowest BCUT2D eigenvalue weighted by Gasteiger charge is -2.11. The van der Waals surface area contributed by atoms with Crippen molar-refractivity contribution in [2.45, 2.75) is 32.2 Å². The number of hydrogen-bond donors (Lipinski definition) is 1. The van der Waals surface area contributed by atoms with Gasteiger partial charge in [0.15, 0.2) is 0 Å². The van der Waals surface area contributed by atoms with Crippen molar-refractivity contribution in [3.63, 3.8) is 0 Å². The Labute approximate surface area is 129 Å². The number of nitrogens with zero attached hydrogens (tertiary/aromatic N) is 3. The van der Waals surface area contributed by atoms with E-state index in [0.717, 1.165) is 18.1 Å². The fourth-order valence-corrected chi connectivity index (χ4v) is 2.46. The van der Waals surface area contributed by atoms with Gasteiger partial charge in [-0.3, -0.25) is 4.79 Å². The van der Waals surface area contributed by atoms with Gasteiger partial charge < -0.3 is 14.6 Å². The molecule has 1 fully saturated rings. The van der Waals surface area contributed by atoms with Crippen LogP contribution in [0.5, 0.6) is 5.88 Å². The third-order valence-corrected chi connectivity index (χ3v) is 3.86. The van der Waals surface area contributed by atoms with Crippen LogP contribution in [0.25, 0.3) is 0 Å². The minimum absolute atomic E-state index is 0.124. The molecule has 3 rings (SSSR count). The fourth-order valence-electron chi connectivity index (χ4n) is 2.46. The Bertz CT molecular complexity index is 659. The zero-order valence-corrected chi connectivity index (χ0v) is 12.9. The molecule has 0 bridgehead atoms. The summed E-state index contributed by atoms with van der Waals surface area (Å²) in [6, 6.07) is 3.39. The average Bonchev–Trinajstić information content (AvgIpc) is 3.32. The normalized spacial score (nSPS) is 13.9. The lowest BCUT2D eigenvalue weighted by atomic mass is 10.2. The second-order valence-corrected chi connectivity index (χ2v) is 5.53. The molecule has 1 aliphatic carbocycles. The molecule has 0 aromatic carbocycles. The molecule has 1 amide bonds. The zero-order chi connectivity index (χ0) is 15.5. The van der Waals surface area contributed by atoms with Gasteiger partial charge in [0.05, 0.1) is 12.7 Å². The third-order valence-electron chi connectivity index (χ3n) is 3.86. The van der Waals surface area contributed by atoms with E-state index in [4.69, 9.17) is 4.74 Å². The second-order valence-electron chi connectivity index (χ2n) is 5.53. The van der Waals surface area contributed by atoms with Crippen LogP contribution in [0.2, 0.25) is 0 Å². The summed E-state index contributed by atoms with van der Waals surface area (Å²) in [6.07, 6.45) is 5.87. The SMILES string of the molecule is COc1ccc(C(=O)NCCn2c(C)cnc2C2CC2)cn1. The molecule has 2 heterocycles. The minimum Gasteiger partial charge on any atom is -0.481 e. The second kappa shape index (κ2) is 6.17. The van der Waals surface area contributed by atoms with E-state index in [-0.39, 0.29) is 5.91 Å². The highest BCUT2D eigenvalue weighted by molar-refractivity contribution is 5.93. The molecule has 0 saturated heterocycles. The lowest BCUT2D eigenvalue weighted by Crippen LogP contribution is -2.28. The molecule has 0 unspecified atom stereocenters. The highest BCUT2D eigenvalue weighted by Crippen LogP contribution is 2.39.